The Morgan fingerprint density at radius 2 is 2.04 bits per heavy atom. The summed E-state index contributed by atoms with van der Waals surface area (Å²) in [5.41, 5.74) is 0.232. The van der Waals surface area contributed by atoms with E-state index in [2.05, 4.69) is 0 Å². The van der Waals surface area contributed by atoms with Crippen molar-refractivity contribution < 1.29 is 19.8 Å². The van der Waals surface area contributed by atoms with Gasteiger partial charge in [0.2, 0.25) is 0 Å². The molecule has 2 heterocycles. The minimum absolute atomic E-state index is 0.0146. The molecule has 0 aliphatic carbocycles. The number of rotatable bonds is 2. The van der Waals surface area contributed by atoms with E-state index in [9.17, 15) is 19.8 Å². The van der Waals surface area contributed by atoms with Crippen molar-refractivity contribution in [3.63, 3.8) is 0 Å². The van der Waals surface area contributed by atoms with Crippen molar-refractivity contribution in [1.82, 2.24) is 9.80 Å². The summed E-state index contributed by atoms with van der Waals surface area (Å²) in [5, 5.41) is 19.6. The van der Waals surface area contributed by atoms with Gasteiger partial charge in [-0.25, -0.2) is 0 Å². The van der Waals surface area contributed by atoms with E-state index in [1.165, 1.54) is 6.07 Å². The normalized spacial score (nSPS) is 27.7. The average Bonchev–Trinajstić information content (AvgIpc) is 2.89. The minimum Gasteiger partial charge on any atom is -0.508 e. The molecular weight excluding hydrogens is 296 g/mol. The molecule has 2 fully saturated rings. The molecule has 0 aromatic heterocycles. The Morgan fingerprint density at radius 1 is 1.30 bits per heavy atom. The van der Waals surface area contributed by atoms with Gasteiger partial charge in [-0.3, -0.25) is 9.59 Å². The van der Waals surface area contributed by atoms with Gasteiger partial charge >= 0.3 is 5.97 Å². The number of aromatic hydroxyl groups is 1. The highest BCUT2D eigenvalue weighted by atomic mass is 16.4. The standard InChI is InChI=1S/C17H22N2O4/c1-11-3-4-12(7-14(11)20)15(21)19-8-13-5-6-18(2)9-17(13,10-19)16(22)23/h3-4,7,13,20H,5-6,8-10H2,1-2H3,(H,22,23)/t13-,17-/m1/s1. The van der Waals surface area contributed by atoms with Crippen molar-refractivity contribution in [1.29, 1.82) is 0 Å². The predicted molar refractivity (Wildman–Crippen MR) is 84.4 cm³/mol. The second-order valence-corrected chi connectivity index (χ2v) is 6.87. The van der Waals surface area contributed by atoms with Gasteiger partial charge in [0.15, 0.2) is 0 Å². The Hall–Kier alpha value is -2.08. The number of carbonyl (C=O) groups is 2. The van der Waals surface area contributed by atoms with E-state index in [0.717, 1.165) is 13.0 Å². The minimum atomic E-state index is -0.880. The summed E-state index contributed by atoms with van der Waals surface area (Å²) in [6.07, 6.45) is 0.783. The van der Waals surface area contributed by atoms with E-state index < -0.39 is 11.4 Å². The molecule has 2 aliphatic heterocycles. The number of phenolic OH excluding ortho intramolecular Hbond substituents is 1. The number of fused-ring (bicyclic) bond motifs is 1. The molecule has 1 aromatic carbocycles. The largest absolute Gasteiger partial charge is 0.508 e. The van der Waals surface area contributed by atoms with Gasteiger partial charge in [-0.2, -0.15) is 0 Å². The van der Waals surface area contributed by atoms with Crippen LogP contribution >= 0.6 is 0 Å². The number of nitrogens with zero attached hydrogens (tertiary/aromatic N) is 2. The molecule has 1 amide bonds. The molecule has 3 rings (SSSR count). The molecule has 0 saturated carbocycles. The maximum absolute atomic E-state index is 12.7. The molecular formula is C17H22N2O4. The van der Waals surface area contributed by atoms with Gasteiger partial charge < -0.3 is 20.0 Å². The number of carbonyl (C=O) groups excluding carboxylic acids is 1. The number of amides is 1. The zero-order valence-electron chi connectivity index (χ0n) is 13.5. The summed E-state index contributed by atoms with van der Waals surface area (Å²) in [6.45, 7) is 3.78. The second-order valence-electron chi connectivity index (χ2n) is 6.87. The van der Waals surface area contributed by atoms with Gasteiger partial charge in [-0.15, -0.1) is 0 Å². The van der Waals surface area contributed by atoms with Gasteiger partial charge in [-0.05, 0) is 50.6 Å². The maximum atomic E-state index is 12.7. The Labute approximate surface area is 135 Å². The van der Waals surface area contributed by atoms with Crippen LogP contribution in [-0.4, -0.2) is 65.1 Å². The summed E-state index contributed by atoms with van der Waals surface area (Å²) in [5.74, 6) is -0.964. The Kier molecular flexibility index (Phi) is 3.80. The number of carboxylic acid groups (broad SMARTS) is 1. The summed E-state index contributed by atoms with van der Waals surface area (Å²) in [7, 11) is 1.92. The number of hydrogen-bond acceptors (Lipinski definition) is 4. The summed E-state index contributed by atoms with van der Waals surface area (Å²) >= 11 is 0. The second kappa shape index (κ2) is 5.53. The summed E-state index contributed by atoms with van der Waals surface area (Å²) in [4.78, 5) is 28.3. The van der Waals surface area contributed by atoms with Crippen LogP contribution in [0.15, 0.2) is 18.2 Å². The van der Waals surface area contributed by atoms with Crippen LogP contribution in [-0.2, 0) is 4.79 Å². The zero-order chi connectivity index (χ0) is 16.8. The first-order chi connectivity index (χ1) is 10.8. The lowest BCUT2D eigenvalue weighted by molar-refractivity contribution is -0.153. The highest BCUT2D eigenvalue weighted by molar-refractivity contribution is 5.95. The molecule has 6 heteroatoms. The quantitative estimate of drug-likeness (QED) is 0.856. The van der Waals surface area contributed by atoms with E-state index in [0.29, 0.717) is 24.2 Å². The van der Waals surface area contributed by atoms with Crippen LogP contribution in [0.2, 0.25) is 0 Å². The predicted octanol–water partition coefficient (Wildman–Crippen LogP) is 1.18. The van der Waals surface area contributed by atoms with E-state index in [1.54, 1.807) is 24.0 Å². The monoisotopic (exact) mass is 318 g/mol. The van der Waals surface area contributed by atoms with Crippen molar-refractivity contribution in [2.45, 2.75) is 13.3 Å². The lowest BCUT2D eigenvalue weighted by atomic mass is 9.73. The molecule has 124 valence electrons. The van der Waals surface area contributed by atoms with Crippen molar-refractivity contribution in [2.75, 3.05) is 33.2 Å². The average molecular weight is 318 g/mol. The summed E-state index contributed by atoms with van der Waals surface area (Å²) < 4.78 is 0. The van der Waals surface area contributed by atoms with E-state index in [1.807, 2.05) is 11.9 Å². The first kappa shape index (κ1) is 15.8. The molecule has 2 saturated heterocycles. The molecule has 23 heavy (non-hydrogen) atoms. The van der Waals surface area contributed by atoms with Crippen LogP contribution in [0.5, 0.6) is 5.75 Å². The van der Waals surface area contributed by atoms with Crippen LogP contribution < -0.4 is 0 Å². The number of carboxylic acids is 1. The highest BCUT2D eigenvalue weighted by Gasteiger charge is 2.55. The van der Waals surface area contributed by atoms with Crippen molar-refractivity contribution >= 4 is 11.9 Å². The topological polar surface area (TPSA) is 81.1 Å². The molecule has 0 radical (unpaired) electrons. The number of phenols is 1. The number of likely N-dealkylation sites (tertiary alicyclic amines) is 2. The van der Waals surface area contributed by atoms with Crippen LogP contribution in [0, 0.1) is 18.3 Å². The van der Waals surface area contributed by atoms with Crippen molar-refractivity contribution in [2.24, 2.45) is 11.3 Å². The van der Waals surface area contributed by atoms with Gasteiger partial charge in [-0.1, -0.05) is 6.07 Å². The van der Waals surface area contributed by atoms with Gasteiger partial charge in [0.1, 0.15) is 11.2 Å². The molecule has 6 nitrogen and oxygen atoms in total. The molecule has 0 unspecified atom stereocenters. The fourth-order valence-electron chi connectivity index (χ4n) is 3.85. The Morgan fingerprint density at radius 3 is 2.70 bits per heavy atom. The molecule has 0 spiro atoms. The molecule has 2 N–H and O–H groups in total. The first-order valence-electron chi connectivity index (χ1n) is 7.84. The number of hydrogen-bond donors (Lipinski definition) is 2. The summed E-state index contributed by atoms with van der Waals surface area (Å²) in [6, 6.07) is 4.84. The maximum Gasteiger partial charge on any atom is 0.313 e. The molecule has 1 aromatic rings. The van der Waals surface area contributed by atoms with Gasteiger partial charge in [0.05, 0.1) is 0 Å². The third kappa shape index (κ3) is 2.57. The van der Waals surface area contributed by atoms with Crippen LogP contribution in [0.3, 0.4) is 0 Å². The lowest BCUT2D eigenvalue weighted by Crippen LogP contribution is -2.52. The van der Waals surface area contributed by atoms with Gasteiger partial charge in [0.25, 0.3) is 5.91 Å². The highest BCUT2D eigenvalue weighted by Crippen LogP contribution is 2.42. The fraction of sp³-hybridized carbons (Fsp3) is 0.529. The van der Waals surface area contributed by atoms with Gasteiger partial charge in [0, 0.05) is 25.2 Å². The van der Waals surface area contributed by atoms with Crippen LogP contribution in [0.4, 0.5) is 0 Å². The van der Waals surface area contributed by atoms with Crippen LogP contribution in [0.1, 0.15) is 22.3 Å². The first-order valence-corrected chi connectivity index (χ1v) is 7.84. The van der Waals surface area contributed by atoms with Crippen molar-refractivity contribution in [3.05, 3.63) is 29.3 Å². The van der Waals surface area contributed by atoms with Crippen molar-refractivity contribution in [3.8, 4) is 5.75 Å². The van der Waals surface area contributed by atoms with E-state index in [4.69, 9.17) is 0 Å². The molecule has 2 aliphatic rings. The zero-order valence-corrected chi connectivity index (χ0v) is 13.5. The number of piperidine rings is 1. The number of benzene rings is 1. The Balaban J connectivity index is 1.86. The molecule has 0 bridgehead atoms. The third-order valence-corrected chi connectivity index (χ3v) is 5.28. The Bertz CT molecular complexity index is 660. The smallest absolute Gasteiger partial charge is 0.313 e. The third-order valence-electron chi connectivity index (χ3n) is 5.28. The van der Waals surface area contributed by atoms with E-state index >= 15 is 0 Å². The van der Waals surface area contributed by atoms with E-state index in [-0.39, 0.29) is 24.1 Å². The lowest BCUT2D eigenvalue weighted by Gasteiger charge is -2.39. The van der Waals surface area contributed by atoms with Crippen LogP contribution in [0.25, 0.3) is 0 Å². The number of aryl methyl sites for hydroxylation is 1. The number of aliphatic carboxylic acids is 1. The fourth-order valence-corrected chi connectivity index (χ4v) is 3.85. The molecule has 2 atom stereocenters. The SMILES string of the molecule is Cc1ccc(C(=O)N2C[C@H]3CCN(C)C[C@@]3(C(=O)O)C2)cc1O.